The van der Waals surface area contributed by atoms with Gasteiger partial charge < -0.3 is 15.2 Å². The number of carbonyl (C=O) groups is 1. The minimum absolute atomic E-state index is 0.196. The average Bonchev–Trinajstić information content (AvgIpc) is 3.28. The normalized spacial score (nSPS) is 24.7. The zero-order chi connectivity index (χ0) is 16.9. The molecule has 2 fully saturated rings. The minimum Gasteiger partial charge on any atom is -0.328 e. The molecule has 25 heavy (non-hydrogen) atoms. The summed E-state index contributed by atoms with van der Waals surface area (Å²) in [6.45, 7) is 3.17. The molecule has 1 aromatic heterocycles. The van der Waals surface area contributed by atoms with Crippen LogP contribution in [0, 0.1) is 11.3 Å². The maximum atomic E-state index is 12.7. The Morgan fingerprint density at radius 1 is 1.24 bits per heavy atom. The van der Waals surface area contributed by atoms with Crippen molar-refractivity contribution in [2.24, 2.45) is 11.3 Å². The number of rotatable bonds is 2. The van der Waals surface area contributed by atoms with Crippen molar-refractivity contribution >= 4 is 22.6 Å². The van der Waals surface area contributed by atoms with E-state index in [9.17, 15) is 4.79 Å². The molecule has 0 bridgehead atoms. The largest absolute Gasteiger partial charge is 0.328 e. The Balaban J connectivity index is 1.34. The summed E-state index contributed by atoms with van der Waals surface area (Å²) in [7, 11) is 0. The molecule has 5 nitrogen and oxygen atoms in total. The first kappa shape index (κ1) is 15.4. The van der Waals surface area contributed by atoms with Crippen LogP contribution in [0.2, 0.25) is 0 Å². The van der Waals surface area contributed by atoms with Gasteiger partial charge in [0, 0.05) is 24.6 Å². The maximum absolute atomic E-state index is 12.7. The molecule has 1 spiro atoms. The minimum atomic E-state index is 0.196. The predicted octanol–water partition coefficient (Wildman–Crippen LogP) is 3.09. The summed E-state index contributed by atoms with van der Waals surface area (Å²) in [6.07, 6.45) is 8.14. The number of imidazole rings is 1. The zero-order valence-corrected chi connectivity index (χ0v) is 14.7. The van der Waals surface area contributed by atoms with E-state index in [1.54, 1.807) is 0 Å². The third kappa shape index (κ3) is 2.65. The summed E-state index contributed by atoms with van der Waals surface area (Å²) in [5, 5.41) is 6.55. The van der Waals surface area contributed by atoms with Crippen molar-refractivity contribution < 1.29 is 4.79 Å². The van der Waals surface area contributed by atoms with E-state index in [0.29, 0.717) is 0 Å². The van der Waals surface area contributed by atoms with E-state index in [1.165, 1.54) is 30.6 Å². The van der Waals surface area contributed by atoms with Crippen molar-refractivity contribution in [1.29, 1.82) is 0 Å². The van der Waals surface area contributed by atoms with E-state index in [1.807, 2.05) is 12.1 Å². The molecule has 5 heteroatoms. The van der Waals surface area contributed by atoms with Gasteiger partial charge in [0.05, 0.1) is 11.0 Å². The molecule has 1 saturated heterocycles. The summed E-state index contributed by atoms with van der Waals surface area (Å²) in [5.74, 6) is 1.60. The van der Waals surface area contributed by atoms with Gasteiger partial charge in [-0.2, -0.15) is 0 Å². The molecular weight excluding hydrogens is 312 g/mol. The Hall–Kier alpha value is -1.88. The molecule has 2 aliphatic heterocycles. The number of hydrogen-bond acceptors (Lipinski definition) is 3. The fraction of sp³-hybridized carbons (Fsp3) is 0.600. The van der Waals surface area contributed by atoms with Gasteiger partial charge in [-0.15, -0.1) is 0 Å². The van der Waals surface area contributed by atoms with Gasteiger partial charge in [0.1, 0.15) is 5.82 Å². The molecule has 1 aliphatic carbocycles. The summed E-state index contributed by atoms with van der Waals surface area (Å²) in [6, 6.07) is 6.21. The van der Waals surface area contributed by atoms with Gasteiger partial charge in [-0.05, 0) is 68.8 Å². The Labute approximate surface area is 148 Å². The number of benzene rings is 1. The number of amides is 1. The molecule has 3 aliphatic rings. The molecule has 2 N–H and O–H groups in total. The van der Waals surface area contributed by atoms with Crippen LogP contribution in [0.1, 0.15) is 44.3 Å². The molecule has 0 radical (unpaired) electrons. The van der Waals surface area contributed by atoms with Crippen molar-refractivity contribution in [1.82, 2.24) is 14.9 Å². The second-order valence-electron chi connectivity index (χ2n) is 8.05. The third-order valence-corrected chi connectivity index (χ3v) is 6.48. The first-order valence-electron chi connectivity index (χ1n) is 9.76. The summed E-state index contributed by atoms with van der Waals surface area (Å²) in [5.41, 5.74) is 3.39. The molecule has 1 unspecified atom stereocenters. The number of anilines is 1. The number of piperidine rings is 1. The van der Waals surface area contributed by atoms with Gasteiger partial charge in [0.15, 0.2) is 0 Å². The maximum Gasteiger partial charge on any atom is 0.228 e. The third-order valence-electron chi connectivity index (χ3n) is 6.48. The van der Waals surface area contributed by atoms with Crippen LogP contribution in [0.5, 0.6) is 0 Å². The molecule has 1 saturated carbocycles. The van der Waals surface area contributed by atoms with Crippen LogP contribution in [0.3, 0.4) is 0 Å². The zero-order valence-electron chi connectivity index (χ0n) is 14.7. The quantitative estimate of drug-likeness (QED) is 0.885. The molecule has 1 amide bonds. The Morgan fingerprint density at radius 2 is 2.12 bits per heavy atom. The number of nitrogens with one attached hydrogen (secondary N) is 2. The van der Waals surface area contributed by atoms with Crippen LogP contribution in [-0.2, 0) is 17.8 Å². The van der Waals surface area contributed by atoms with Crippen LogP contribution < -0.4 is 10.6 Å². The molecule has 2 aromatic rings. The Morgan fingerprint density at radius 3 is 3.00 bits per heavy atom. The number of nitrogens with zero attached hydrogens (tertiary/aromatic N) is 2. The Bertz CT molecular complexity index is 818. The van der Waals surface area contributed by atoms with Crippen LogP contribution >= 0.6 is 0 Å². The van der Waals surface area contributed by atoms with Crippen LogP contribution in [0.4, 0.5) is 5.69 Å². The highest BCUT2D eigenvalue weighted by Gasteiger charge is 2.57. The van der Waals surface area contributed by atoms with Crippen LogP contribution in [0.25, 0.3) is 11.0 Å². The van der Waals surface area contributed by atoms with Crippen molar-refractivity contribution in [2.75, 3.05) is 18.4 Å². The van der Waals surface area contributed by atoms with E-state index in [4.69, 9.17) is 4.98 Å². The van der Waals surface area contributed by atoms with E-state index in [-0.39, 0.29) is 17.2 Å². The molecular formula is C20H26N4O. The molecule has 1 atom stereocenters. The van der Waals surface area contributed by atoms with Crippen LogP contribution in [0.15, 0.2) is 18.2 Å². The lowest BCUT2D eigenvalue weighted by Gasteiger charge is -2.23. The number of aromatic nitrogens is 2. The van der Waals surface area contributed by atoms with E-state index in [0.717, 1.165) is 56.5 Å². The smallest absolute Gasteiger partial charge is 0.228 e. The SMILES string of the molecule is O=C(Nc1ccc2c(c1)nc1n2CCCCC1)C1CC12CCNCC2. The average molecular weight is 338 g/mol. The number of hydrogen-bond donors (Lipinski definition) is 2. The molecule has 5 rings (SSSR count). The van der Waals surface area contributed by atoms with Gasteiger partial charge in [0.2, 0.25) is 5.91 Å². The topological polar surface area (TPSA) is 59.0 Å². The number of carbonyl (C=O) groups excluding carboxylic acids is 1. The van der Waals surface area contributed by atoms with Gasteiger partial charge in [0.25, 0.3) is 0 Å². The Kier molecular flexibility index (Phi) is 3.59. The summed E-state index contributed by atoms with van der Waals surface area (Å²) in [4.78, 5) is 17.5. The van der Waals surface area contributed by atoms with Crippen molar-refractivity contribution in [3.8, 4) is 0 Å². The predicted molar refractivity (Wildman–Crippen MR) is 98.6 cm³/mol. The summed E-state index contributed by atoms with van der Waals surface area (Å²) >= 11 is 0. The van der Waals surface area contributed by atoms with Gasteiger partial charge >= 0.3 is 0 Å². The highest BCUT2D eigenvalue weighted by atomic mass is 16.2. The first-order chi connectivity index (χ1) is 12.3. The van der Waals surface area contributed by atoms with Crippen molar-refractivity contribution in [2.45, 2.75) is 51.5 Å². The standard InChI is InChI=1S/C20H26N4O/c25-19(15-13-20(15)7-9-21-10-8-20)22-14-5-6-17-16(12-14)23-18-4-2-1-3-11-24(17)18/h5-6,12,15,21H,1-4,7-11,13H2,(H,22,25). The van der Waals surface area contributed by atoms with Crippen LogP contribution in [-0.4, -0.2) is 28.5 Å². The first-order valence-corrected chi connectivity index (χ1v) is 9.76. The van der Waals surface area contributed by atoms with Crippen molar-refractivity contribution in [3.05, 3.63) is 24.0 Å². The number of aryl methyl sites for hydroxylation is 2. The van der Waals surface area contributed by atoms with E-state index in [2.05, 4.69) is 21.3 Å². The lowest BCUT2D eigenvalue weighted by atomic mass is 9.92. The fourth-order valence-electron chi connectivity index (χ4n) is 4.85. The van der Waals surface area contributed by atoms with E-state index < -0.39 is 0 Å². The second kappa shape index (κ2) is 5.84. The van der Waals surface area contributed by atoms with Gasteiger partial charge in [-0.25, -0.2) is 4.98 Å². The fourth-order valence-corrected chi connectivity index (χ4v) is 4.85. The number of fused-ring (bicyclic) bond motifs is 3. The molecule has 132 valence electrons. The molecule has 3 heterocycles. The highest BCUT2D eigenvalue weighted by molar-refractivity contribution is 5.96. The van der Waals surface area contributed by atoms with Gasteiger partial charge in [-0.1, -0.05) is 6.42 Å². The summed E-state index contributed by atoms with van der Waals surface area (Å²) < 4.78 is 2.36. The highest BCUT2D eigenvalue weighted by Crippen LogP contribution is 2.58. The molecule has 1 aromatic carbocycles. The lowest BCUT2D eigenvalue weighted by Crippen LogP contribution is -2.31. The van der Waals surface area contributed by atoms with Crippen molar-refractivity contribution in [3.63, 3.8) is 0 Å². The van der Waals surface area contributed by atoms with Gasteiger partial charge in [-0.3, -0.25) is 4.79 Å². The lowest BCUT2D eigenvalue weighted by molar-refractivity contribution is -0.118. The monoisotopic (exact) mass is 338 g/mol. The second-order valence-corrected chi connectivity index (χ2v) is 8.05. The van der Waals surface area contributed by atoms with E-state index >= 15 is 0 Å².